The summed E-state index contributed by atoms with van der Waals surface area (Å²) in [6.07, 6.45) is 8.16. The molecule has 1 aliphatic carbocycles. The maximum atomic E-state index is 14.2. The molecular formula is C56H66ClN11O8. The van der Waals surface area contributed by atoms with Crippen LogP contribution in [0.3, 0.4) is 0 Å². The van der Waals surface area contributed by atoms with Gasteiger partial charge in [0.2, 0.25) is 5.91 Å². The van der Waals surface area contributed by atoms with Crippen molar-refractivity contribution in [2.45, 2.75) is 115 Å². The molecule has 0 bridgehead atoms. The molecule has 19 nitrogen and oxygen atoms in total. The number of aliphatic hydroxyl groups is 1. The number of nitrogens with one attached hydrogen (secondary N) is 2. The van der Waals surface area contributed by atoms with Crippen LogP contribution in [0.15, 0.2) is 70.9 Å². The molecule has 2 aromatic heterocycles. The SMILES string of the molecule is CC[C@@]1(O)C(=O)OCc2c1cc1n(c2=O)Cc2cc3c(CN(C)C)c(OC(=O)N4C[C@H](C)N(C(=O)C5CCN(C6=CC=C(C(=O)NC7CCC(N(C)c8ccc(C#N)c(Cl)c8)CC7)NN6C)CC5)C[C@H]4C)ccc3nc2-1. The number of nitriles is 1. The predicted octanol–water partition coefficient (Wildman–Crippen LogP) is 5.54. The topological polar surface area (TPSA) is 209 Å². The van der Waals surface area contributed by atoms with Crippen molar-refractivity contribution in [3.63, 3.8) is 0 Å². The number of esters is 1. The Hall–Kier alpha value is -7.14. The number of cyclic esters (lactones) is 1. The molecule has 3 atom stereocenters. The van der Waals surface area contributed by atoms with Crippen LogP contribution in [0.5, 0.6) is 5.75 Å². The summed E-state index contributed by atoms with van der Waals surface area (Å²) in [5.41, 5.74) is 6.65. The highest BCUT2D eigenvalue weighted by Gasteiger charge is 2.46. The fourth-order valence-corrected chi connectivity index (χ4v) is 12.2. The Labute approximate surface area is 447 Å². The van der Waals surface area contributed by atoms with Crippen LogP contribution in [-0.4, -0.2) is 142 Å². The van der Waals surface area contributed by atoms with Crippen LogP contribution < -0.4 is 25.9 Å². The molecule has 0 radical (unpaired) electrons. The molecule has 76 heavy (non-hydrogen) atoms. The van der Waals surface area contributed by atoms with Gasteiger partial charge >= 0.3 is 12.1 Å². The smallest absolute Gasteiger partial charge is 0.415 e. The number of pyridine rings is 2. The first kappa shape index (κ1) is 52.3. The maximum absolute atomic E-state index is 14.2. The number of amides is 3. The van der Waals surface area contributed by atoms with Gasteiger partial charge in [0.25, 0.3) is 11.5 Å². The van der Waals surface area contributed by atoms with Crippen LogP contribution >= 0.6 is 11.6 Å². The fraction of sp³-hybridized carbons (Fsp3) is 0.482. The molecule has 5 aliphatic heterocycles. The van der Waals surface area contributed by atoms with E-state index in [1.54, 1.807) is 40.7 Å². The zero-order chi connectivity index (χ0) is 53.9. The number of hydrazine groups is 1. The third-order valence-electron chi connectivity index (χ3n) is 16.4. The Bertz CT molecular complexity index is 3190. The highest BCUT2D eigenvalue weighted by atomic mass is 35.5. The molecule has 3 amide bonds. The minimum atomic E-state index is -1.93. The third kappa shape index (κ3) is 9.59. The lowest BCUT2D eigenvalue weighted by molar-refractivity contribution is -0.172. The van der Waals surface area contributed by atoms with E-state index in [2.05, 4.69) is 26.6 Å². The number of halogens is 1. The summed E-state index contributed by atoms with van der Waals surface area (Å²) in [7, 11) is 7.79. The Balaban J connectivity index is 0.736. The predicted molar refractivity (Wildman–Crippen MR) is 285 cm³/mol. The van der Waals surface area contributed by atoms with Gasteiger partial charge in [-0.05, 0) is 128 Å². The summed E-state index contributed by atoms with van der Waals surface area (Å²) in [4.78, 5) is 83.4. The van der Waals surface area contributed by atoms with Crippen LogP contribution in [0.4, 0.5) is 10.5 Å². The van der Waals surface area contributed by atoms with Crippen molar-refractivity contribution in [2.24, 2.45) is 5.92 Å². The molecule has 2 saturated heterocycles. The third-order valence-corrected chi connectivity index (χ3v) is 16.8. The van der Waals surface area contributed by atoms with E-state index in [-0.39, 0.29) is 72.1 Å². The van der Waals surface area contributed by atoms with E-state index in [4.69, 9.17) is 26.1 Å². The van der Waals surface area contributed by atoms with Crippen molar-refractivity contribution >= 4 is 52.1 Å². The first-order chi connectivity index (χ1) is 36.4. The van der Waals surface area contributed by atoms with E-state index in [1.165, 1.54) is 0 Å². The number of piperidine rings is 1. The van der Waals surface area contributed by atoms with Gasteiger partial charge in [-0.3, -0.25) is 24.8 Å². The van der Waals surface area contributed by atoms with Crippen molar-refractivity contribution in [1.29, 1.82) is 5.26 Å². The van der Waals surface area contributed by atoms with E-state index in [0.29, 0.717) is 90.5 Å². The molecule has 400 valence electrons. The summed E-state index contributed by atoms with van der Waals surface area (Å²) >= 11 is 6.30. The molecule has 3 fully saturated rings. The number of fused-ring (bicyclic) bond motifs is 5. The summed E-state index contributed by atoms with van der Waals surface area (Å²) in [5, 5.41) is 26.9. The van der Waals surface area contributed by atoms with E-state index >= 15 is 0 Å². The molecule has 2 aromatic carbocycles. The summed E-state index contributed by atoms with van der Waals surface area (Å²) in [6, 6.07) is 14.6. The number of ether oxygens (including phenoxy) is 2. The number of nitrogens with zero attached hydrogens (tertiary/aromatic N) is 9. The fourth-order valence-electron chi connectivity index (χ4n) is 12.0. The molecule has 20 heteroatoms. The lowest BCUT2D eigenvalue weighted by Gasteiger charge is -2.46. The summed E-state index contributed by atoms with van der Waals surface area (Å²) in [5.74, 6) is 0.299. The lowest BCUT2D eigenvalue weighted by atomic mass is 9.86. The minimum Gasteiger partial charge on any atom is -0.458 e. The van der Waals surface area contributed by atoms with E-state index in [1.807, 2.05) is 87.2 Å². The van der Waals surface area contributed by atoms with Crippen LogP contribution in [0.25, 0.3) is 22.3 Å². The number of allylic oxidation sites excluding steroid dienone is 2. The molecule has 0 spiro atoms. The number of likely N-dealkylation sites (tertiary alicyclic amines) is 1. The zero-order valence-electron chi connectivity index (χ0n) is 44.2. The van der Waals surface area contributed by atoms with Crippen molar-refractivity contribution in [1.82, 2.24) is 44.9 Å². The van der Waals surface area contributed by atoms with Gasteiger partial charge in [0.15, 0.2) is 5.60 Å². The van der Waals surface area contributed by atoms with Crippen LogP contribution in [-0.2, 0) is 44.4 Å². The van der Waals surface area contributed by atoms with Gasteiger partial charge in [0.05, 0.1) is 39.6 Å². The normalized spacial score (nSPS) is 23.4. The van der Waals surface area contributed by atoms with Gasteiger partial charge in [-0.1, -0.05) is 18.5 Å². The van der Waals surface area contributed by atoms with Crippen molar-refractivity contribution < 1.29 is 33.8 Å². The van der Waals surface area contributed by atoms with E-state index in [9.17, 15) is 34.3 Å². The van der Waals surface area contributed by atoms with Crippen molar-refractivity contribution in [3.05, 3.63) is 109 Å². The van der Waals surface area contributed by atoms with Gasteiger partial charge < -0.3 is 49.0 Å². The largest absolute Gasteiger partial charge is 0.458 e. The highest BCUT2D eigenvalue weighted by Crippen LogP contribution is 2.41. The van der Waals surface area contributed by atoms with Crippen molar-refractivity contribution in [2.75, 3.05) is 59.3 Å². The Morgan fingerprint density at radius 2 is 1.71 bits per heavy atom. The number of rotatable bonds is 10. The quantitative estimate of drug-likeness (QED) is 0.147. The molecule has 6 aliphatic rings. The maximum Gasteiger partial charge on any atom is 0.415 e. The van der Waals surface area contributed by atoms with Crippen molar-refractivity contribution in [3.8, 4) is 23.2 Å². The Morgan fingerprint density at radius 1 is 0.987 bits per heavy atom. The standard InChI is InChI=1S/C56H66ClN11O8/c1-8-56(74)43-25-47-50-36(29-68(47)53(71)42(43)31-75-54(56)72)23-40-41(30-62(4)5)48(17-15-45(40)60-50)76-55(73)67-28-32(2)66(27-33(67)3)52(70)34-19-21-65(22-20-34)49-18-16-46(61-64(49)7)51(69)59-37-10-13-38(14-11-37)63(6)39-12-9-35(26-58)44(57)24-39/h9,12,15-18,23-25,32-34,37-38,61,74H,8,10-11,13-14,19-22,27-31H2,1-7H3,(H,59,69)/t32-,33+,37?,38?,56-/m0/s1. The van der Waals surface area contributed by atoms with E-state index < -0.39 is 17.7 Å². The number of piperazine rings is 1. The molecule has 4 aromatic rings. The number of benzene rings is 2. The molecule has 3 N–H and O–H groups in total. The number of carbonyl (C=O) groups excluding carboxylic acids is 4. The average molecular weight is 1060 g/mol. The van der Waals surface area contributed by atoms with Gasteiger partial charge in [-0.25, -0.2) is 14.6 Å². The van der Waals surface area contributed by atoms with Crippen LogP contribution in [0.2, 0.25) is 5.02 Å². The zero-order valence-corrected chi connectivity index (χ0v) is 44.9. The van der Waals surface area contributed by atoms with Gasteiger partial charge in [0.1, 0.15) is 29.9 Å². The Kier molecular flexibility index (Phi) is 14.3. The number of carbonyl (C=O) groups is 4. The first-order valence-corrected chi connectivity index (χ1v) is 26.7. The second-order valence-electron chi connectivity index (χ2n) is 21.6. The molecule has 10 rings (SSSR count). The second-order valence-corrected chi connectivity index (χ2v) is 22.0. The first-order valence-electron chi connectivity index (χ1n) is 26.3. The number of aromatic nitrogens is 2. The minimum absolute atomic E-state index is 0.0478. The summed E-state index contributed by atoms with van der Waals surface area (Å²) in [6.45, 7) is 8.03. The van der Waals surface area contributed by atoms with Crippen LogP contribution in [0, 0.1) is 17.2 Å². The lowest BCUT2D eigenvalue weighted by Crippen LogP contribution is -2.61. The molecule has 7 heterocycles. The molecular weight excluding hydrogens is 990 g/mol. The Morgan fingerprint density at radius 3 is 2.39 bits per heavy atom. The van der Waals surface area contributed by atoms with Crippen LogP contribution in [0.1, 0.15) is 93.5 Å². The average Bonchev–Trinajstić information content (AvgIpc) is 3.79. The number of hydrogen-bond acceptors (Lipinski definition) is 15. The van der Waals surface area contributed by atoms with Gasteiger partial charge in [-0.15, -0.1) is 0 Å². The molecule has 1 saturated carbocycles. The second kappa shape index (κ2) is 20.8. The van der Waals surface area contributed by atoms with E-state index in [0.717, 1.165) is 53.7 Å². The monoisotopic (exact) mass is 1060 g/mol. The molecule has 0 unspecified atom stereocenters. The summed E-state index contributed by atoms with van der Waals surface area (Å²) < 4.78 is 13.1. The number of hydrogen-bond donors (Lipinski definition) is 3. The number of anilines is 1. The van der Waals surface area contributed by atoms with Gasteiger partial charge in [-0.2, -0.15) is 5.26 Å². The highest BCUT2D eigenvalue weighted by molar-refractivity contribution is 6.32. The van der Waals surface area contributed by atoms with Gasteiger partial charge in [0, 0.05) is 105 Å².